The van der Waals surface area contributed by atoms with Gasteiger partial charge in [-0.2, -0.15) is 0 Å². The molecule has 0 saturated carbocycles. The van der Waals surface area contributed by atoms with Gasteiger partial charge in [0, 0.05) is 16.2 Å². The molecule has 1 aromatic heterocycles. The van der Waals surface area contributed by atoms with Crippen LogP contribution in [0.1, 0.15) is 5.56 Å². The number of anilines is 1. The maximum Gasteiger partial charge on any atom is 0.0586 e. The second-order valence-corrected chi connectivity index (χ2v) is 4.43. The fourth-order valence-electron chi connectivity index (χ4n) is 1.30. The zero-order valence-corrected chi connectivity index (χ0v) is 9.22. The van der Waals surface area contributed by atoms with Gasteiger partial charge in [0.05, 0.1) is 10.4 Å². The van der Waals surface area contributed by atoms with Gasteiger partial charge in [0.1, 0.15) is 0 Å². The first kappa shape index (κ1) is 9.19. The highest BCUT2D eigenvalue weighted by Gasteiger charge is 2.07. The van der Waals surface area contributed by atoms with Gasteiger partial charge in [-0.05, 0) is 23.1 Å². The second kappa shape index (κ2) is 3.40. The lowest BCUT2D eigenvalue weighted by molar-refractivity contribution is 1.38. The van der Waals surface area contributed by atoms with Gasteiger partial charge in [0.25, 0.3) is 0 Å². The minimum absolute atomic E-state index is 0.438. The zero-order chi connectivity index (χ0) is 9.42. The predicted octanol–water partition coefficient (Wildman–Crippen LogP) is 3.51. The summed E-state index contributed by atoms with van der Waals surface area (Å²) in [6, 6.07) is 3.96. The molecule has 0 unspecified atom stereocenters. The lowest BCUT2D eigenvalue weighted by Crippen LogP contribution is -1.92. The van der Waals surface area contributed by atoms with E-state index in [2.05, 4.69) is 12.6 Å². The van der Waals surface area contributed by atoms with Crippen LogP contribution in [0.4, 0.5) is 5.69 Å². The fraction of sp³-hybridized carbons (Fsp3) is 0.111. The summed E-state index contributed by atoms with van der Waals surface area (Å²) < 4.78 is 1.09. The zero-order valence-electron chi connectivity index (χ0n) is 6.75. The number of benzene rings is 1. The Bertz CT molecular complexity index is 450. The van der Waals surface area contributed by atoms with Crippen LogP contribution in [0.2, 0.25) is 0 Å². The molecular weight excluding hydrogens is 222 g/mol. The van der Waals surface area contributed by atoms with E-state index in [4.69, 9.17) is 17.3 Å². The Balaban J connectivity index is 2.85. The molecule has 0 spiro atoms. The average Bonchev–Trinajstić information content (AvgIpc) is 2.60. The molecule has 1 heterocycles. The molecule has 1 nitrogen and oxygen atoms in total. The molecule has 0 saturated heterocycles. The Hall–Kier alpha value is -0.380. The topological polar surface area (TPSA) is 26.0 Å². The van der Waals surface area contributed by atoms with Crippen molar-refractivity contribution < 1.29 is 0 Å². The Kier molecular flexibility index (Phi) is 2.41. The second-order valence-electron chi connectivity index (χ2n) is 2.77. The number of fused-ring (bicyclic) bond motifs is 1. The summed E-state index contributed by atoms with van der Waals surface area (Å²) in [5, 5.41) is 3.12. The summed E-state index contributed by atoms with van der Waals surface area (Å²) in [5.74, 6) is 0.438. The molecular formula is C9H8ClNS2. The Labute approximate surface area is 90.9 Å². The van der Waals surface area contributed by atoms with Crippen LogP contribution in [-0.4, -0.2) is 0 Å². The molecule has 13 heavy (non-hydrogen) atoms. The summed E-state index contributed by atoms with van der Waals surface area (Å²) in [7, 11) is 0. The first-order chi connectivity index (χ1) is 6.24. The molecule has 0 atom stereocenters. The standard InChI is InChI=1S/C9H8ClNS2/c10-4-5-3-7(12)6-1-2-13-9(6)8(5)11/h1-3,12H,4,11H2. The van der Waals surface area contributed by atoms with Crippen LogP contribution in [0, 0.1) is 0 Å². The van der Waals surface area contributed by atoms with Crippen molar-refractivity contribution in [2.45, 2.75) is 10.8 Å². The molecule has 4 heteroatoms. The number of halogens is 1. The van der Waals surface area contributed by atoms with Gasteiger partial charge in [-0.1, -0.05) is 0 Å². The van der Waals surface area contributed by atoms with Crippen molar-refractivity contribution in [2.75, 3.05) is 5.73 Å². The number of hydrogen-bond acceptors (Lipinski definition) is 3. The molecule has 0 bridgehead atoms. The normalized spacial score (nSPS) is 10.9. The molecule has 68 valence electrons. The molecule has 2 aromatic rings. The van der Waals surface area contributed by atoms with Crippen molar-refractivity contribution >= 4 is 51.3 Å². The van der Waals surface area contributed by atoms with Gasteiger partial charge in [0.2, 0.25) is 0 Å². The van der Waals surface area contributed by atoms with E-state index in [1.807, 2.05) is 17.5 Å². The van der Waals surface area contributed by atoms with Crippen LogP contribution in [0.3, 0.4) is 0 Å². The van der Waals surface area contributed by atoms with E-state index in [-0.39, 0.29) is 0 Å². The van der Waals surface area contributed by atoms with Crippen molar-refractivity contribution in [2.24, 2.45) is 0 Å². The van der Waals surface area contributed by atoms with Crippen LogP contribution in [0.15, 0.2) is 22.4 Å². The SMILES string of the molecule is Nc1c(CCl)cc(S)c2ccsc12. The third-order valence-corrected chi connectivity index (χ3v) is 3.59. The van der Waals surface area contributed by atoms with Crippen LogP contribution in [0.5, 0.6) is 0 Å². The van der Waals surface area contributed by atoms with Crippen molar-refractivity contribution in [1.82, 2.24) is 0 Å². The number of rotatable bonds is 1. The van der Waals surface area contributed by atoms with E-state index in [9.17, 15) is 0 Å². The maximum atomic E-state index is 5.93. The smallest absolute Gasteiger partial charge is 0.0586 e. The summed E-state index contributed by atoms with van der Waals surface area (Å²) in [6.45, 7) is 0. The predicted molar refractivity (Wildman–Crippen MR) is 63.0 cm³/mol. The summed E-state index contributed by atoms with van der Waals surface area (Å²) in [6.07, 6.45) is 0. The van der Waals surface area contributed by atoms with Gasteiger partial charge in [-0.3, -0.25) is 0 Å². The van der Waals surface area contributed by atoms with E-state index in [1.54, 1.807) is 11.3 Å². The number of nitrogen functional groups attached to an aromatic ring is 1. The van der Waals surface area contributed by atoms with Gasteiger partial charge >= 0.3 is 0 Å². The van der Waals surface area contributed by atoms with Gasteiger partial charge in [0.15, 0.2) is 0 Å². The highest BCUT2D eigenvalue weighted by Crippen LogP contribution is 2.34. The van der Waals surface area contributed by atoms with Gasteiger partial charge in [-0.15, -0.1) is 35.6 Å². The third kappa shape index (κ3) is 1.41. The lowest BCUT2D eigenvalue weighted by Gasteiger charge is -2.05. The number of nitrogens with two attached hydrogens (primary N) is 1. The van der Waals surface area contributed by atoms with Crippen molar-refractivity contribution in [1.29, 1.82) is 0 Å². The monoisotopic (exact) mass is 229 g/mol. The average molecular weight is 230 g/mol. The number of alkyl halides is 1. The molecule has 2 rings (SSSR count). The molecule has 0 radical (unpaired) electrons. The Morgan fingerprint density at radius 1 is 1.54 bits per heavy atom. The molecule has 0 aliphatic carbocycles. The molecule has 0 aliphatic heterocycles. The van der Waals surface area contributed by atoms with E-state index < -0.39 is 0 Å². The van der Waals surface area contributed by atoms with Crippen LogP contribution in [-0.2, 0) is 5.88 Å². The van der Waals surface area contributed by atoms with Crippen molar-refractivity contribution in [3.63, 3.8) is 0 Å². The lowest BCUT2D eigenvalue weighted by atomic mass is 10.1. The molecule has 1 aromatic carbocycles. The van der Waals surface area contributed by atoms with Crippen LogP contribution >= 0.6 is 35.6 Å². The number of thiophene rings is 1. The first-order valence-electron chi connectivity index (χ1n) is 3.77. The quantitative estimate of drug-likeness (QED) is 0.437. The molecule has 0 fully saturated rings. The van der Waals surface area contributed by atoms with Gasteiger partial charge in [-0.25, -0.2) is 0 Å². The van der Waals surface area contributed by atoms with Crippen molar-refractivity contribution in [3.8, 4) is 0 Å². The number of thiol groups is 1. The summed E-state index contributed by atoms with van der Waals surface area (Å²) >= 11 is 11.8. The van der Waals surface area contributed by atoms with E-state index in [0.29, 0.717) is 5.88 Å². The van der Waals surface area contributed by atoms with Gasteiger partial charge < -0.3 is 5.73 Å². The van der Waals surface area contributed by atoms with Crippen molar-refractivity contribution in [3.05, 3.63) is 23.1 Å². The highest BCUT2D eigenvalue weighted by atomic mass is 35.5. The van der Waals surface area contributed by atoms with E-state index in [0.717, 1.165) is 26.2 Å². The Morgan fingerprint density at radius 2 is 2.31 bits per heavy atom. The minimum Gasteiger partial charge on any atom is -0.397 e. The van der Waals surface area contributed by atoms with E-state index in [1.165, 1.54) is 0 Å². The summed E-state index contributed by atoms with van der Waals surface area (Å²) in [4.78, 5) is 0.945. The largest absolute Gasteiger partial charge is 0.397 e. The highest BCUT2D eigenvalue weighted by molar-refractivity contribution is 7.80. The Morgan fingerprint density at radius 3 is 3.00 bits per heavy atom. The first-order valence-corrected chi connectivity index (χ1v) is 5.63. The van der Waals surface area contributed by atoms with E-state index >= 15 is 0 Å². The minimum atomic E-state index is 0.438. The number of hydrogen-bond donors (Lipinski definition) is 2. The fourth-order valence-corrected chi connectivity index (χ4v) is 2.84. The van der Waals surface area contributed by atoms with Crippen LogP contribution in [0.25, 0.3) is 10.1 Å². The maximum absolute atomic E-state index is 5.93. The third-order valence-electron chi connectivity index (χ3n) is 1.99. The molecule has 0 amide bonds. The molecule has 0 aliphatic rings. The van der Waals surface area contributed by atoms with Crippen LogP contribution < -0.4 is 5.73 Å². The molecule has 2 N–H and O–H groups in total. The summed E-state index contributed by atoms with van der Waals surface area (Å²) in [5.41, 5.74) is 7.68.